The average molecular weight is 311 g/mol. The zero-order valence-corrected chi connectivity index (χ0v) is 13.5. The Kier molecular flexibility index (Phi) is 4.19. The quantitative estimate of drug-likeness (QED) is 0.886. The van der Waals surface area contributed by atoms with Crippen molar-refractivity contribution in [3.05, 3.63) is 47.7 Å². The van der Waals surface area contributed by atoms with Crippen molar-refractivity contribution in [3.8, 4) is 0 Å². The summed E-state index contributed by atoms with van der Waals surface area (Å²) in [5.41, 5.74) is 3.05. The van der Waals surface area contributed by atoms with Crippen LogP contribution in [0.4, 0.5) is 0 Å². The van der Waals surface area contributed by atoms with Gasteiger partial charge in [0, 0.05) is 35.8 Å². The van der Waals surface area contributed by atoms with Crippen LogP contribution < -0.4 is 0 Å². The standard InChI is InChI=1S/C18H21N3O2/c1-3-7-17(22)20-10-6-11-21(20)18(23)12-15-13(2)19-16-9-5-4-8-14(15)16/h3-5,7-9,19H,6,10-12H2,1-2H3/b7-3+. The molecule has 2 aromatic rings. The molecule has 2 heterocycles. The molecule has 5 heteroatoms. The fourth-order valence-electron chi connectivity index (χ4n) is 3.13. The predicted octanol–water partition coefficient (Wildman–Crippen LogP) is 2.57. The van der Waals surface area contributed by atoms with E-state index in [2.05, 4.69) is 4.98 Å². The van der Waals surface area contributed by atoms with Crippen molar-refractivity contribution in [2.45, 2.75) is 26.7 Å². The summed E-state index contributed by atoms with van der Waals surface area (Å²) >= 11 is 0. The van der Waals surface area contributed by atoms with Crippen molar-refractivity contribution in [2.75, 3.05) is 13.1 Å². The highest BCUT2D eigenvalue weighted by atomic mass is 16.2. The number of nitrogens with zero attached hydrogens (tertiary/aromatic N) is 2. The molecule has 0 atom stereocenters. The van der Waals surface area contributed by atoms with E-state index >= 15 is 0 Å². The van der Waals surface area contributed by atoms with E-state index in [9.17, 15) is 9.59 Å². The smallest absolute Gasteiger partial charge is 0.264 e. The zero-order valence-electron chi connectivity index (χ0n) is 13.5. The predicted molar refractivity (Wildman–Crippen MR) is 89.6 cm³/mol. The number of fused-ring (bicyclic) bond motifs is 1. The minimum Gasteiger partial charge on any atom is -0.358 e. The first-order valence-electron chi connectivity index (χ1n) is 7.92. The first-order chi connectivity index (χ1) is 11.1. The van der Waals surface area contributed by atoms with Crippen molar-refractivity contribution >= 4 is 22.7 Å². The second kappa shape index (κ2) is 6.28. The van der Waals surface area contributed by atoms with E-state index in [1.807, 2.05) is 31.2 Å². The fraction of sp³-hybridized carbons (Fsp3) is 0.333. The number of benzene rings is 1. The van der Waals surface area contributed by atoms with Crippen molar-refractivity contribution in [1.29, 1.82) is 0 Å². The van der Waals surface area contributed by atoms with Crippen molar-refractivity contribution in [1.82, 2.24) is 15.0 Å². The number of allylic oxidation sites excluding steroid dienone is 1. The number of aromatic nitrogens is 1. The molecule has 0 radical (unpaired) electrons. The number of aromatic amines is 1. The molecule has 0 spiro atoms. The van der Waals surface area contributed by atoms with Gasteiger partial charge in [-0.3, -0.25) is 14.6 Å². The number of rotatable bonds is 3. The Morgan fingerprint density at radius 3 is 2.74 bits per heavy atom. The van der Waals surface area contributed by atoms with E-state index < -0.39 is 0 Å². The summed E-state index contributed by atoms with van der Waals surface area (Å²) in [4.78, 5) is 28.1. The molecule has 3 rings (SSSR count). The Hall–Kier alpha value is -2.56. The van der Waals surface area contributed by atoms with Crippen LogP contribution in [0.1, 0.15) is 24.6 Å². The van der Waals surface area contributed by atoms with Gasteiger partial charge in [0.1, 0.15) is 0 Å². The van der Waals surface area contributed by atoms with Gasteiger partial charge >= 0.3 is 0 Å². The number of hydrogen-bond donors (Lipinski definition) is 1. The molecule has 1 saturated heterocycles. The first kappa shape index (κ1) is 15.3. The van der Waals surface area contributed by atoms with Gasteiger partial charge in [-0.15, -0.1) is 0 Å². The third-order valence-corrected chi connectivity index (χ3v) is 4.24. The van der Waals surface area contributed by atoms with E-state index in [0.717, 1.165) is 28.6 Å². The number of hydrogen-bond acceptors (Lipinski definition) is 2. The minimum absolute atomic E-state index is 0.0341. The van der Waals surface area contributed by atoms with Crippen LogP contribution >= 0.6 is 0 Å². The maximum absolute atomic E-state index is 12.7. The Balaban J connectivity index is 1.83. The lowest BCUT2D eigenvalue weighted by Gasteiger charge is -2.27. The highest BCUT2D eigenvalue weighted by molar-refractivity contribution is 5.93. The van der Waals surface area contributed by atoms with Crippen LogP contribution in [0.2, 0.25) is 0 Å². The van der Waals surface area contributed by atoms with Gasteiger partial charge in [-0.05, 0) is 31.9 Å². The summed E-state index contributed by atoms with van der Waals surface area (Å²) in [6, 6.07) is 7.98. The molecule has 1 aliphatic heterocycles. The van der Waals surface area contributed by atoms with Gasteiger partial charge in [-0.25, -0.2) is 5.01 Å². The molecule has 23 heavy (non-hydrogen) atoms. The molecule has 2 amide bonds. The maximum Gasteiger partial charge on any atom is 0.264 e. The summed E-state index contributed by atoms with van der Waals surface area (Å²) in [5, 5.41) is 4.21. The highest BCUT2D eigenvalue weighted by Crippen LogP contribution is 2.23. The molecule has 1 aromatic carbocycles. The number of nitrogens with one attached hydrogen (secondary N) is 1. The second-order valence-corrected chi connectivity index (χ2v) is 5.78. The molecular formula is C18H21N3O2. The number of carbonyl (C=O) groups is 2. The van der Waals surface area contributed by atoms with Crippen LogP contribution in [0.3, 0.4) is 0 Å². The normalized spacial score (nSPS) is 15.0. The van der Waals surface area contributed by atoms with Gasteiger partial charge < -0.3 is 4.98 Å². The Morgan fingerprint density at radius 1 is 1.22 bits per heavy atom. The summed E-state index contributed by atoms with van der Waals surface area (Å²) in [7, 11) is 0. The third kappa shape index (κ3) is 2.86. The first-order valence-corrected chi connectivity index (χ1v) is 7.92. The lowest BCUT2D eigenvalue weighted by Crippen LogP contribution is -2.44. The van der Waals surface area contributed by atoms with Crippen LogP contribution in [-0.2, 0) is 16.0 Å². The van der Waals surface area contributed by atoms with Gasteiger partial charge in [-0.1, -0.05) is 24.3 Å². The zero-order chi connectivity index (χ0) is 16.4. The molecule has 1 fully saturated rings. The average Bonchev–Trinajstić information content (AvgIpc) is 3.13. The fourth-order valence-corrected chi connectivity index (χ4v) is 3.13. The summed E-state index contributed by atoms with van der Waals surface area (Å²) in [6.45, 7) is 4.98. The van der Waals surface area contributed by atoms with Gasteiger partial charge in [0.25, 0.3) is 5.91 Å². The van der Waals surface area contributed by atoms with Crippen LogP contribution in [0, 0.1) is 6.92 Å². The SMILES string of the molecule is C/C=C/C(=O)N1CCCN1C(=O)Cc1c(C)[nH]c2ccccc12. The lowest BCUT2D eigenvalue weighted by molar-refractivity contribution is -0.154. The summed E-state index contributed by atoms with van der Waals surface area (Å²) in [5.74, 6) is -0.165. The Morgan fingerprint density at radius 2 is 1.96 bits per heavy atom. The number of hydrazine groups is 1. The van der Waals surface area contributed by atoms with Crippen LogP contribution in [0.5, 0.6) is 0 Å². The van der Waals surface area contributed by atoms with Crippen LogP contribution in [-0.4, -0.2) is 39.9 Å². The topological polar surface area (TPSA) is 56.4 Å². The van der Waals surface area contributed by atoms with E-state index in [1.54, 1.807) is 23.0 Å². The monoisotopic (exact) mass is 311 g/mol. The number of amides is 2. The second-order valence-electron chi connectivity index (χ2n) is 5.78. The van der Waals surface area contributed by atoms with Crippen LogP contribution in [0.15, 0.2) is 36.4 Å². The van der Waals surface area contributed by atoms with Gasteiger partial charge in [0.15, 0.2) is 0 Å². The number of H-pyrrole nitrogens is 1. The molecule has 0 saturated carbocycles. The molecule has 1 aliphatic rings. The third-order valence-electron chi connectivity index (χ3n) is 4.24. The summed E-state index contributed by atoms with van der Waals surface area (Å²) < 4.78 is 0. The molecule has 120 valence electrons. The van der Waals surface area contributed by atoms with Gasteiger partial charge in [0.05, 0.1) is 6.42 Å². The molecule has 0 bridgehead atoms. The molecule has 1 N–H and O–H groups in total. The van der Waals surface area contributed by atoms with Crippen LogP contribution in [0.25, 0.3) is 10.9 Å². The van der Waals surface area contributed by atoms with Crippen molar-refractivity contribution in [2.24, 2.45) is 0 Å². The molecule has 1 aromatic heterocycles. The molecule has 0 aliphatic carbocycles. The molecule has 0 unspecified atom stereocenters. The molecular weight excluding hydrogens is 290 g/mol. The van der Waals surface area contributed by atoms with E-state index in [4.69, 9.17) is 0 Å². The van der Waals surface area contributed by atoms with Crippen molar-refractivity contribution in [3.63, 3.8) is 0 Å². The minimum atomic E-state index is -0.131. The van der Waals surface area contributed by atoms with E-state index in [1.165, 1.54) is 6.08 Å². The van der Waals surface area contributed by atoms with Crippen molar-refractivity contribution < 1.29 is 9.59 Å². The number of carbonyl (C=O) groups excluding carboxylic acids is 2. The molecule has 5 nitrogen and oxygen atoms in total. The number of para-hydroxylation sites is 1. The van der Waals surface area contributed by atoms with E-state index in [-0.39, 0.29) is 11.8 Å². The summed E-state index contributed by atoms with van der Waals surface area (Å²) in [6.07, 6.45) is 4.33. The van der Waals surface area contributed by atoms with E-state index in [0.29, 0.717) is 19.5 Å². The maximum atomic E-state index is 12.7. The van der Waals surface area contributed by atoms with Gasteiger partial charge in [0.2, 0.25) is 5.91 Å². The van der Waals surface area contributed by atoms with Gasteiger partial charge in [-0.2, -0.15) is 0 Å². The Bertz CT molecular complexity index is 776. The Labute approximate surface area is 135 Å². The lowest BCUT2D eigenvalue weighted by atomic mass is 10.1. The number of aryl methyl sites for hydroxylation is 1. The highest BCUT2D eigenvalue weighted by Gasteiger charge is 2.30. The largest absolute Gasteiger partial charge is 0.358 e.